The molecule has 0 aliphatic rings. The topological polar surface area (TPSA) is 24.1 Å². The average Bonchev–Trinajstić information content (AvgIpc) is 2.42. The molecular weight excluding hydrogens is 320 g/mol. The van der Waals surface area contributed by atoms with E-state index >= 15 is 0 Å². The highest BCUT2D eigenvalue weighted by molar-refractivity contribution is 9.10. The van der Waals surface area contributed by atoms with Crippen LogP contribution in [0.5, 0.6) is 0 Å². The van der Waals surface area contributed by atoms with Crippen LogP contribution in [0.4, 0.5) is 11.4 Å². The molecule has 2 nitrogen and oxygen atoms in total. The monoisotopic (exact) mass is 334 g/mol. The first-order chi connectivity index (χ1) is 9.20. The lowest BCUT2D eigenvalue weighted by Crippen LogP contribution is -2.20. The fourth-order valence-corrected chi connectivity index (χ4v) is 2.39. The minimum Gasteiger partial charge on any atom is -0.332 e. The molecule has 0 saturated carbocycles. The summed E-state index contributed by atoms with van der Waals surface area (Å²) in [6, 6.07) is 16.1. The van der Waals surface area contributed by atoms with Gasteiger partial charge in [0, 0.05) is 10.2 Å². The Morgan fingerprint density at radius 1 is 1.00 bits per heavy atom. The molecule has 19 heavy (non-hydrogen) atoms. The summed E-state index contributed by atoms with van der Waals surface area (Å²) in [6.45, 7) is 2.13. The van der Waals surface area contributed by atoms with Gasteiger partial charge in [0.1, 0.15) is 0 Å². The largest absolute Gasteiger partial charge is 0.332 e. The molecule has 0 aliphatic heterocycles. The van der Waals surface area contributed by atoms with Crippen molar-refractivity contribution in [3.63, 3.8) is 0 Å². The third kappa shape index (κ3) is 3.78. The van der Waals surface area contributed by atoms with E-state index in [1.54, 1.807) is 0 Å². The molecule has 0 aliphatic carbocycles. The van der Waals surface area contributed by atoms with Gasteiger partial charge in [0.05, 0.1) is 5.69 Å². The van der Waals surface area contributed by atoms with E-state index in [2.05, 4.69) is 39.6 Å². The Labute approximate surface area is 127 Å². The van der Waals surface area contributed by atoms with Crippen LogP contribution >= 0.6 is 28.1 Å². The van der Waals surface area contributed by atoms with Crippen molar-refractivity contribution in [2.24, 2.45) is 0 Å². The van der Waals surface area contributed by atoms with Crippen LogP contribution in [-0.2, 0) is 6.42 Å². The molecule has 0 fully saturated rings. The van der Waals surface area contributed by atoms with E-state index in [1.165, 1.54) is 5.56 Å². The average molecular weight is 335 g/mol. The molecule has 0 unspecified atom stereocenters. The Morgan fingerprint density at radius 3 is 2.26 bits per heavy atom. The van der Waals surface area contributed by atoms with Crippen molar-refractivity contribution in [2.75, 3.05) is 10.6 Å². The quantitative estimate of drug-likeness (QED) is 0.787. The molecule has 0 radical (unpaired) electrons. The Morgan fingerprint density at radius 2 is 1.58 bits per heavy atom. The van der Waals surface area contributed by atoms with E-state index in [4.69, 9.17) is 12.2 Å². The van der Waals surface area contributed by atoms with E-state index in [9.17, 15) is 0 Å². The molecular formula is C15H15BrN2S. The molecule has 2 aromatic rings. The van der Waals surface area contributed by atoms with Crippen molar-refractivity contribution in [1.82, 2.24) is 0 Å². The summed E-state index contributed by atoms with van der Waals surface area (Å²) >= 11 is 8.83. The minimum atomic E-state index is 0.591. The number of thiocarbonyl (C=S) groups is 1. The van der Waals surface area contributed by atoms with Crippen molar-refractivity contribution < 1.29 is 0 Å². The molecule has 0 heterocycles. The highest BCUT2D eigenvalue weighted by Gasteiger charge is 2.04. The molecule has 4 heteroatoms. The van der Waals surface area contributed by atoms with E-state index in [1.807, 2.05) is 42.5 Å². The summed E-state index contributed by atoms with van der Waals surface area (Å²) in [5.41, 5.74) is 3.25. The third-order valence-corrected chi connectivity index (χ3v) is 3.66. The zero-order chi connectivity index (χ0) is 13.7. The number of nitrogens with one attached hydrogen (secondary N) is 2. The first-order valence-corrected chi connectivity index (χ1v) is 7.31. The maximum atomic E-state index is 5.34. The third-order valence-electron chi connectivity index (χ3n) is 2.77. The van der Waals surface area contributed by atoms with Crippen LogP contribution in [0.1, 0.15) is 12.5 Å². The number of anilines is 2. The van der Waals surface area contributed by atoms with Gasteiger partial charge in [-0.25, -0.2) is 0 Å². The number of hydrogen-bond acceptors (Lipinski definition) is 1. The van der Waals surface area contributed by atoms with Gasteiger partial charge < -0.3 is 10.6 Å². The second-order valence-corrected chi connectivity index (χ2v) is 5.33. The van der Waals surface area contributed by atoms with Gasteiger partial charge in [0.15, 0.2) is 5.11 Å². The van der Waals surface area contributed by atoms with E-state index in [-0.39, 0.29) is 0 Å². The molecule has 2 N–H and O–H groups in total. The Balaban J connectivity index is 2.08. The first-order valence-electron chi connectivity index (χ1n) is 6.11. The van der Waals surface area contributed by atoms with Gasteiger partial charge in [0.25, 0.3) is 0 Å². The van der Waals surface area contributed by atoms with Crippen LogP contribution in [0.25, 0.3) is 0 Å². The van der Waals surface area contributed by atoms with E-state index in [0.29, 0.717) is 5.11 Å². The molecule has 0 spiro atoms. The highest BCUT2D eigenvalue weighted by atomic mass is 79.9. The minimum absolute atomic E-state index is 0.591. The lowest BCUT2D eigenvalue weighted by atomic mass is 10.1. The fourth-order valence-electron chi connectivity index (χ4n) is 1.79. The summed E-state index contributed by atoms with van der Waals surface area (Å²) in [4.78, 5) is 0. The summed E-state index contributed by atoms with van der Waals surface area (Å²) in [7, 11) is 0. The molecule has 2 aromatic carbocycles. The lowest BCUT2D eigenvalue weighted by Gasteiger charge is -2.14. The fraction of sp³-hybridized carbons (Fsp3) is 0.133. The summed E-state index contributed by atoms with van der Waals surface area (Å²) in [5, 5.41) is 7.01. The Kier molecular flexibility index (Phi) is 4.93. The van der Waals surface area contributed by atoms with Gasteiger partial charge in [-0.2, -0.15) is 0 Å². The van der Waals surface area contributed by atoms with Gasteiger partial charge in [-0.05, 0) is 58.3 Å². The summed E-state index contributed by atoms with van der Waals surface area (Å²) in [6.07, 6.45) is 0.973. The van der Waals surface area contributed by atoms with Crippen LogP contribution in [0.15, 0.2) is 53.0 Å². The number of rotatable bonds is 3. The predicted molar refractivity (Wildman–Crippen MR) is 89.8 cm³/mol. The van der Waals surface area contributed by atoms with Crippen LogP contribution in [-0.4, -0.2) is 5.11 Å². The maximum Gasteiger partial charge on any atom is 0.175 e. The second-order valence-electron chi connectivity index (χ2n) is 4.07. The number of para-hydroxylation sites is 2. The summed E-state index contributed by atoms with van der Waals surface area (Å²) < 4.78 is 0.989. The maximum absolute atomic E-state index is 5.34. The van der Waals surface area contributed by atoms with Gasteiger partial charge >= 0.3 is 0 Å². The van der Waals surface area contributed by atoms with Crippen LogP contribution in [0, 0.1) is 0 Å². The molecule has 0 aromatic heterocycles. The zero-order valence-electron chi connectivity index (χ0n) is 10.6. The van der Waals surface area contributed by atoms with Crippen molar-refractivity contribution in [3.05, 3.63) is 58.6 Å². The van der Waals surface area contributed by atoms with Crippen LogP contribution in [0.2, 0.25) is 0 Å². The molecule has 98 valence electrons. The van der Waals surface area contributed by atoms with Crippen molar-refractivity contribution in [2.45, 2.75) is 13.3 Å². The highest BCUT2D eigenvalue weighted by Crippen LogP contribution is 2.22. The smallest absolute Gasteiger partial charge is 0.175 e. The van der Waals surface area contributed by atoms with Crippen LogP contribution < -0.4 is 10.6 Å². The Hall–Kier alpha value is -1.39. The number of aryl methyl sites for hydroxylation is 1. The van der Waals surface area contributed by atoms with Crippen molar-refractivity contribution in [1.29, 1.82) is 0 Å². The zero-order valence-corrected chi connectivity index (χ0v) is 13.0. The van der Waals surface area contributed by atoms with E-state index < -0.39 is 0 Å². The standard InChI is InChI=1S/C15H15BrN2S/c1-2-11-7-3-5-9-13(11)17-15(19)18-14-10-6-4-8-12(14)16/h3-10H,2H2,1H3,(H2,17,18,19). The summed E-state index contributed by atoms with van der Waals surface area (Å²) in [5.74, 6) is 0. The molecule has 2 rings (SSSR count). The van der Waals surface area contributed by atoms with Gasteiger partial charge in [-0.1, -0.05) is 37.3 Å². The first kappa shape index (κ1) is 14.0. The molecule has 0 amide bonds. The predicted octanol–water partition coefficient (Wildman–Crippen LogP) is 4.82. The normalized spacial score (nSPS) is 10.0. The number of benzene rings is 2. The second kappa shape index (κ2) is 6.68. The van der Waals surface area contributed by atoms with Crippen molar-refractivity contribution >= 4 is 44.6 Å². The van der Waals surface area contributed by atoms with Crippen LogP contribution in [0.3, 0.4) is 0 Å². The van der Waals surface area contributed by atoms with Gasteiger partial charge in [-0.15, -0.1) is 0 Å². The lowest BCUT2D eigenvalue weighted by molar-refractivity contribution is 1.14. The van der Waals surface area contributed by atoms with Crippen molar-refractivity contribution in [3.8, 4) is 0 Å². The van der Waals surface area contributed by atoms with E-state index in [0.717, 1.165) is 22.3 Å². The van der Waals surface area contributed by atoms with Gasteiger partial charge in [-0.3, -0.25) is 0 Å². The SMILES string of the molecule is CCc1ccccc1NC(=S)Nc1ccccc1Br. The number of halogens is 1. The number of hydrogen-bond donors (Lipinski definition) is 2. The molecule has 0 bridgehead atoms. The molecule has 0 saturated heterocycles. The van der Waals surface area contributed by atoms with Gasteiger partial charge in [0.2, 0.25) is 0 Å². The Bertz CT molecular complexity index is 584. The molecule has 0 atom stereocenters.